The van der Waals surface area contributed by atoms with Crippen molar-refractivity contribution in [1.82, 2.24) is 0 Å². The number of hydrogen-bond donors (Lipinski definition) is 2. The Kier molecular flexibility index (Phi) is 5.46. The lowest BCUT2D eigenvalue weighted by molar-refractivity contribution is -0.114. The highest BCUT2D eigenvalue weighted by molar-refractivity contribution is 7.90. The molecule has 2 N–H and O–H groups in total. The Labute approximate surface area is 141 Å². The maximum absolute atomic E-state index is 12.0. The van der Waals surface area contributed by atoms with Crippen molar-refractivity contribution in [3.63, 3.8) is 0 Å². The fraction of sp³-hybridized carbons (Fsp3) is 0.235. The first-order valence-corrected chi connectivity index (χ1v) is 9.17. The van der Waals surface area contributed by atoms with Crippen LogP contribution in [0.4, 0.5) is 11.4 Å². The van der Waals surface area contributed by atoms with Gasteiger partial charge in [-0.2, -0.15) is 0 Å². The number of sulfone groups is 1. The van der Waals surface area contributed by atoms with Crippen LogP contribution in [0.2, 0.25) is 0 Å². The summed E-state index contributed by atoms with van der Waals surface area (Å²) in [7, 11) is -1.74. The molecule has 128 valence electrons. The number of hydrogen-bond acceptors (Lipinski definition) is 5. The van der Waals surface area contributed by atoms with Crippen molar-refractivity contribution in [2.75, 3.05) is 30.5 Å². The molecular weight excluding hydrogens is 328 g/mol. The smallest absolute Gasteiger partial charge is 0.243 e. The summed E-state index contributed by atoms with van der Waals surface area (Å²) in [6.45, 7) is 1.86. The molecule has 0 spiro atoms. The number of carbonyl (C=O) groups excluding carboxylic acids is 1. The Hall–Kier alpha value is -2.54. The van der Waals surface area contributed by atoms with Crippen molar-refractivity contribution < 1.29 is 17.9 Å². The van der Waals surface area contributed by atoms with E-state index in [1.165, 1.54) is 6.07 Å². The minimum Gasteiger partial charge on any atom is -0.497 e. The predicted octanol–water partition coefficient (Wildman–Crippen LogP) is 2.46. The highest BCUT2D eigenvalue weighted by Gasteiger charge is 2.10. The first kappa shape index (κ1) is 17.8. The van der Waals surface area contributed by atoms with Crippen molar-refractivity contribution in [1.29, 1.82) is 0 Å². The average molecular weight is 348 g/mol. The number of nitrogens with one attached hydrogen (secondary N) is 2. The summed E-state index contributed by atoms with van der Waals surface area (Å²) >= 11 is 0. The topological polar surface area (TPSA) is 84.5 Å². The molecule has 0 heterocycles. The van der Waals surface area contributed by atoms with Crippen LogP contribution >= 0.6 is 0 Å². The molecule has 6 nitrogen and oxygen atoms in total. The third-order valence-electron chi connectivity index (χ3n) is 3.43. The third-order valence-corrected chi connectivity index (χ3v) is 4.54. The molecule has 0 unspecified atom stereocenters. The van der Waals surface area contributed by atoms with Gasteiger partial charge in [0.05, 0.1) is 18.6 Å². The first-order chi connectivity index (χ1) is 11.3. The molecule has 2 rings (SSSR count). The Morgan fingerprint density at radius 3 is 2.58 bits per heavy atom. The van der Waals surface area contributed by atoms with E-state index >= 15 is 0 Å². The van der Waals surface area contributed by atoms with Crippen molar-refractivity contribution in [2.45, 2.75) is 11.8 Å². The lowest BCUT2D eigenvalue weighted by Gasteiger charge is -2.12. The van der Waals surface area contributed by atoms with E-state index in [0.717, 1.165) is 11.8 Å². The second-order valence-electron chi connectivity index (χ2n) is 5.38. The standard InChI is InChI=1S/C17H20N2O4S/c1-12-7-8-15(24(3,21)22)10-16(12)18-11-17(20)19-13-5-4-6-14(9-13)23-2/h4-10,18H,11H2,1-3H3,(H,19,20). The summed E-state index contributed by atoms with van der Waals surface area (Å²) < 4.78 is 28.3. The van der Waals surface area contributed by atoms with Crippen LogP contribution in [0.1, 0.15) is 5.56 Å². The molecule has 0 radical (unpaired) electrons. The van der Waals surface area contributed by atoms with Crippen molar-refractivity contribution in [3.8, 4) is 5.75 Å². The molecule has 0 atom stereocenters. The van der Waals surface area contributed by atoms with E-state index in [4.69, 9.17) is 4.74 Å². The SMILES string of the molecule is COc1cccc(NC(=O)CNc2cc(S(C)(=O)=O)ccc2C)c1. The maximum Gasteiger partial charge on any atom is 0.243 e. The van der Waals surface area contributed by atoms with E-state index in [1.807, 2.05) is 6.92 Å². The van der Waals surface area contributed by atoms with Gasteiger partial charge in [-0.3, -0.25) is 4.79 Å². The van der Waals surface area contributed by atoms with Gasteiger partial charge in [-0.05, 0) is 36.8 Å². The summed E-state index contributed by atoms with van der Waals surface area (Å²) in [5.41, 5.74) is 2.10. The molecule has 7 heteroatoms. The molecule has 0 aliphatic rings. The van der Waals surface area contributed by atoms with Crippen LogP contribution in [0.5, 0.6) is 5.75 Å². The molecule has 2 aromatic rings. The largest absolute Gasteiger partial charge is 0.497 e. The van der Waals surface area contributed by atoms with Gasteiger partial charge in [0.25, 0.3) is 0 Å². The van der Waals surface area contributed by atoms with Gasteiger partial charge in [0, 0.05) is 23.7 Å². The van der Waals surface area contributed by atoms with Crippen LogP contribution in [-0.2, 0) is 14.6 Å². The van der Waals surface area contributed by atoms with E-state index in [-0.39, 0.29) is 17.3 Å². The quantitative estimate of drug-likeness (QED) is 0.838. The Bertz CT molecular complexity index is 847. The molecule has 0 fully saturated rings. The molecule has 0 aliphatic heterocycles. The maximum atomic E-state index is 12.0. The Morgan fingerprint density at radius 2 is 1.92 bits per heavy atom. The van der Waals surface area contributed by atoms with E-state index < -0.39 is 9.84 Å². The number of aryl methyl sites for hydroxylation is 1. The number of benzene rings is 2. The zero-order valence-corrected chi connectivity index (χ0v) is 14.6. The van der Waals surface area contributed by atoms with Gasteiger partial charge in [0.2, 0.25) is 5.91 Å². The lowest BCUT2D eigenvalue weighted by Crippen LogP contribution is -2.22. The molecule has 1 amide bonds. The fourth-order valence-electron chi connectivity index (χ4n) is 2.10. The van der Waals surface area contributed by atoms with Crippen LogP contribution in [-0.4, -0.2) is 34.2 Å². The lowest BCUT2D eigenvalue weighted by atomic mass is 10.2. The average Bonchev–Trinajstić information content (AvgIpc) is 2.53. The van der Waals surface area contributed by atoms with Crippen molar-refractivity contribution >= 4 is 27.1 Å². The summed E-state index contributed by atoms with van der Waals surface area (Å²) in [6, 6.07) is 11.8. The molecule has 0 aromatic heterocycles. The van der Waals surface area contributed by atoms with E-state index in [1.54, 1.807) is 43.5 Å². The zero-order chi connectivity index (χ0) is 17.7. The van der Waals surface area contributed by atoms with Crippen LogP contribution < -0.4 is 15.4 Å². The van der Waals surface area contributed by atoms with Crippen LogP contribution in [0.3, 0.4) is 0 Å². The second-order valence-corrected chi connectivity index (χ2v) is 7.40. The normalized spacial score (nSPS) is 11.0. The van der Waals surface area contributed by atoms with Crippen LogP contribution in [0, 0.1) is 6.92 Å². The summed E-state index contributed by atoms with van der Waals surface area (Å²) in [4.78, 5) is 12.3. The summed E-state index contributed by atoms with van der Waals surface area (Å²) in [5, 5.41) is 5.72. The molecule has 0 bridgehead atoms. The highest BCUT2D eigenvalue weighted by atomic mass is 32.2. The number of ether oxygens (including phenoxy) is 1. The van der Waals surface area contributed by atoms with Gasteiger partial charge in [0.1, 0.15) is 5.75 Å². The Balaban J connectivity index is 2.03. The number of anilines is 2. The van der Waals surface area contributed by atoms with Gasteiger partial charge < -0.3 is 15.4 Å². The zero-order valence-electron chi connectivity index (χ0n) is 13.8. The molecule has 24 heavy (non-hydrogen) atoms. The van der Waals surface area contributed by atoms with E-state index in [0.29, 0.717) is 17.1 Å². The second kappa shape index (κ2) is 7.35. The van der Waals surface area contributed by atoms with Crippen LogP contribution in [0.15, 0.2) is 47.4 Å². The minimum atomic E-state index is -3.29. The molecular formula is C17H20N2O4S. The van der Waals surface area contributed by atoms with Gasteiger partial charge >= 0.3 is 0 Å². The van der Waals surface area contributed by atoms with E-state index in [2.05, 4.69) is 10.6 Å². The summed E-state index contributed by atoms with van der Waals surface area (Å²) in [6.07, 6.45) is 1.15. The monoisotopic (exact) mass is 348 g/mol. The van der Waals surface area contributed by atoms with E-state index in [9.17, 15) is 13.2 Å². The highest BCUT2D eigenvalue weighted by Crippen LogP contribution is 2.20. The minimum absolute atomic E-state index is 0.0191. The molecule has 0 saturated carbocycles. The van der Waals surface area contributed by atoms with Gasteiger partial charge in [0.15, 0.2) is 9.84 Å². The fourth-order valence-corrected chi connectivity index (χ4v) is 2.75. The van der Waals surface area contributed by atoms with Crippen molar-refractivity contribution in [3.05, 3.63) is 48.0 Å². The van der Waals surface area contributed by atoms with Crippen molar-refractivity contribution in [2.24, 2.45) is 0 Å². The predicted molar refractivity (Wildman–Crippen MR) is 94.4 cm³/mol. The Morgan fingerprint density at radius 1 is 1.17 bits per heavy atom. The molecule has 2 aromatic carbocycles. The van der Waals surface area contributed by atoms with Crippen LogP contribution in [0.25, 0.3) is 0 Å². The number of amides is 1. The number of rotatable bonds is 6. The van der Waals surface area contributed by atoms with Gasteiger partial charge in [-0.25, -0.2) is 8.42 Å². The first-order valence-electron chi connectivity index (χ1n) is 7.28. The van der Waals surface area contributed by atoms with Gasteiger partial charge in [-0.15, -0.1) is 0 Å². The van der Waals surface area contributed by atoms with Gasteiger partial charge in [-0.1, -0.05) is 12.1 Å². The molecule has 0 saturated heterocycles. The molecule has 0 aliphatic carbocycles. The number of methoxy groups -OCH3 is 1. The number of carbonyl (C=O) groups is 1. The summed E-state index contributed by atoms with van der Waals surface area (Å²) in [5.74, 6) is 0.407. The third kappa shape index (κ3) is 4.73.